The maximum Gasteiger partial charge on any atom is 0.244 e. The Balaban J connectivity index is 1.34. The van der Waals surface area contributed by atoms with Gasteiger partial charge < -0.3 is 15.1 Å². The van der Waals surface area contributed by atoms with Gasteiger partial charge in [0, 0.05) is 49.4 Å². The summed E-state index contributed by atoms with van der Waals surface area (Å²) in [6.07, 6.45) is 5.60. The number of carbonyl (C=O) groups excluding carboxylic acids is 3. The third-order valence-corrected chi connectivity index (χ3v) is 5.47. The molecule has 2 aromatic rings. The van der Waals surface area contributed by atoms with Crippen LogP contribution < -0.4 is 5.32 Å². The van der Waals surface area contributed by atoms with Crippen LogP contribution in [0.2, 0.25) is 0 Å². The van der Waals surface area contributed by atoms with Crippen LogP contribution in [0.15, 0.2) is 24.4 Å². The van der Waals surface area contributed by atoms with Crippen molar-refractivity contribution in [1.29, 1.82) is 0 Å². The molecule has 8 heteroatoms. The number of nitrogens with one attached hydrogen (secondary N) is 1. The van der Waals surface area contributed by atoms with E-state index in [1.807, 2.05) is 17.0 Å². The fraction of sp³-hybridized carbons (Fsp3) is 0.474. The number of rotatable bonds is 5. The molecule has 1 N–H and O–H groups in total. The van der Waals surface area contributed by atoms with E-state index in [0.717, 1.165) is 30.2 Å². The molecule has 142 valence electrons. The number of fused-ring (bicyclic) bond motifs is 1. The average molecular weight is 369 g/mol. The topological polar surface area (TPSA) is 87.5 Å². The molecule has 1 aromatic carbocycles. The Hall–Kier alpha value is -2.90. The van der Waals surface area contributed by atoms with Gasteiger partial charge in [-0.3, -0.25) is 19.1 Å². The number of hydrogen-bond donors (Lipinski definition) is 1. The summed E-state index contributed by atoms with van der Waals surface area (Å²) in [5.41, 5.74) is 1.46. The summed E-state index contributed by atoms with van der Waals surface area (Å²) in [5.74, 6) is 0.471. The number of hydrogen-bond acceptors (Lipinski definition) is 4. The normalized spacial score (nSPS) is 17.6. The zero-order valence-electron chi connectivity index (χ0n) is 15.1. The molecule has 1 aliphatic heterocycles. The Morgan fingerprint density at radius 2 is 1.89 bits per heavy atom. The predicted octanol–water partition coefficient (Wildman–Crippen LogP) is 1.08. The lowest BCUT2D eigenvalue weighted by Crippen LogP contribution is -2.53. The highest BCUT2D eigenvalue weighted by Gasteiger charge is 2.32. The monoisotopic (exact) mass is 369 g/mol. The SMILES string of the molecule is O=CNc1ccc2nn(CC(=O)N3CCN(C(=O)C4CCC4)CC3)cc2c1. The first-order valence-electron chi connectivity index (χ1n) is 9.38. The van der Waals surface area contributed by atoms with E-state index < -0.39 is 0 Å². The predicted molar refractivity (Wildman–Crippen MR) is 99.9 cm³/mol. The van der Waals surface area contributed by atoms with Crippen molar-refractivity contribution >= 4 is 34.8 Å². The Morgan fingerprint density at radius 1 is 1.15 bits per heavy atom. The molecule has 0 radical (unpaired) electrons. The van der Waals surface area contributed by atoms with Crippen molar-refractivity contribution in [3.8, 4) is 0 Å². The summed E-state index contributed by atoms with van der Waals surface area (Å²) in [4.78, 5) is 39.2. The van der Waals surface area contributed by atoms with Crippen molar-refractivity contribution in [3.63, 3.8) is 0 Å². The highest BCUT2D eigenvalue weighted by atomic mass is 16.2. The van der Waals surface area contributed by atoms with E-state index in [1.165, 1.54) is 0 Å². The molecule has 0 spiro atoms. The zero-order chi connectivity index (χ0) is 18.8. The Labute approximate surface area is 157 Å². The minimum absolute atomic E-state index is 0.00443. The van der Waals surface area contributed by atoms with Crippen molar-refractivity contribution in [2.24, 2.45) is 5.92 Å². The maximum absolute atomic E-state index is 12.6. The molecule has 2 fully saturated rings. The van der Waals surface area contributed by atoms with Crippen LogP contribution >= 0.6 is 0 Å². The molecule has 1 aliphatic carbocycles. The minimum atomic E-state index is 0.00443. The van der Waals surface area contributed by atoms with Crippen molar-refractivity contribution in [2.45, 2.75) is 25.8 Å². The second kappa shape index (κ2) is 7.38. The summed E-state index contributed by atoms with van der Waals surface area (Å²) < 4.78 is 1.63. The fourth-order valence-electron chi connectivity index (χ4n) is 3.64. The van der Waals surface area contributed by atoms with E-state index in [0.29, 0.717) is 38.3 Å². The van der Waals surface area contributed by atoms with Gasteiger partial charge in [-0.05, 0) is 31.0 Å². The fourth-order valence-corrected chi connectivity index (χ4v) is 3.64. The highest BCUT2D eigenvalue weighted by molar-refractivity contribution is 5.85. The van der Waals surface area contributed by atoms with Crippen LogP contribution in [0.1, 0.15) is 19.3 Å². The molecule has 1 saturated carbocycles. The molecule has 3 amide bonds. The third-order valence-electron chi connectivity index (χ3n) is 5.47. The second-order valence-electron chi connectivity index (χ2n) is 7.20. The summed E-state index contributed by atoms with van der Waals surface area (Å²) >= 11 is 0. The molecule has 1 saturated heterocycles. The highest BCUT2D eigenvalue weighted by Crippen LogP contribution is 2.28. The first-order chi connectivity index (χ1) is 13.1. The van der Waals surface area contributed by atoms with Gasteiger partial charge in [-0.2, -0.15) is 5.10 Å². The Bertz CT molecular complexity index is 865. The first-order valence-corrected chi connectivity index (χ1v) is 9.38. The van der Waals surface area contributed by atoms with Crippen LogP contribution in [-0.2, 0) is 20.9 Å². The van der Waals surface area contributed by atoms with E-state index in [4.69, 9.17) is 0 Å². The molecule has 0 unspecified atom stereocenters. The van der Waals surface area contributed by atoms with E-state index >= 15 is 0 Å². The second-order valence-corrected chi connectivity index (χ2v) is 7.20. The van der Waals surface area contributed by atoms with Gasteiger partial charge in [0.25, 0.3) is 0 Å². The van der Waals surface area contributed by atoms with Crippen LogP contribution in [-0.4, -0.2) is 64.0 Å². The number of nitrogens with zero attached hydrogens (tertiary/aromatic N) is 4. The zero-order valence-corrected chi connectivity index (χ0v) is 15.1. The van der Waals surface area contributed by atoms with Crippen LogP contribution in [0.3, 0.4) is 0 Å². The van der Waals surface area contributed by atoms with Gasteiger partial charge in [0.2, 0.25) is 18.2 Å². The lowest BCUT2D eigenvalue weighted by atomic mass is 9.84. The van der Waals surface area contributed by atoms with Gasteiger partial charge >= 0.3 is 0 Å². The van der Waals surface area contributed by atoms with Crippen molar-refractivity contribution in [2.75, 3.05) is 31.5 Å². The molecule has 4 rings (SSSR count). The third kappa shape index (κ3) is 3.65. The van der Waals surface area contributed by atoms with Crippen LogP contribution in [0.25, 0.3) is 10.9 Å². The van der Waals surface area contributed by atoms with Gasteiger partial charge in [-0.1, -0.05) is 6.42 Å². The Morgan fingerprint density at radius 3 is 2.56 bits per heavy atom. The quantitative estimate of drug-likeness (QED) is 0.799. The van der Waals surface area contributed by atoms with Crippen molar-refractivity contribution in [1.82, 2.24) is 19.6 Å². The average Bonchev–Trinajstić information content (AvgIpc) is 3.02. The molecule has 2 aliphatic rings. The van der Waals surface area contributed by atoms with Gasteiger partial charge in [0.05, 0.1) is 5.52 Å². The van der Waals surface area contributed by atoms with Gasteiger partial charge in [-0.15, -0.1) is 0 Å². The van der Waals surface area contributed by atoms with E-state index in [-0.39, 0.29) is 24.3 Å². The van der Waals surface area contributed by atoms with E-state index in [2.05, 4.69) is 10.4 Å². The smallest absolute Gasteiger partial charge is 0.244 e. The maximum atomic E-state index is 12.6. The molecule has 8 nitrogen and oxygen atoms in total. The van der Waals surface area contributed by atoms with Gasteiger partial charge in [0.15, 0.2) is 0 Å². The molecular formula is C19H23N5O3. The number of piperazine rings is 1. The van der Waals surface area contributed by atoms with Crippen LogP contribution in [0, 0.1) is 5.92 Å². The number of benzene rings is 1. The largest absolute Gasteiger partial charge is 0.339 e. The molecule has 27 heavy (non-hydrogen) atoms. The van der Waals surface area contributed by atoms with Gasteiger partial charge in [0.1, 0.15) is 6.54 Å². The first kappa shape index (κ1) is 17.5. The summed E-state index contributed by atoms with van der Waals surface area (Å²) in [6, 6.07) is 5.41. The number of amides is 3. The number of anilines is 1. The Kier molecular flexibility index (Phi) is 4.79. The molecule has 1 aromatic heterocycles. The minimum Gasteiger partial charge on any atom is -0.339 e. The van der Waals surface area contributed by atoms with E-state index in [1.54, 1.807) is 21.8 Å². The summed E-state index contributed by atoms with van der Waals surface area (Å²) in [6.45, 7) is 2.55. The molecular weight excluding hydrogens is 346 g/mol. The number of aromatic nitrogens is 2. The van der Waals surface area contributed by atoms with Crippen molar-refractivity contribution < 1.29 is 14.4 Å². The standard InChI is InChI=1S/C19H23N5O3/c25-13-20-16-4-5-17-15(10-16)11-24(21-17)12-18(26)22-6-8-23(9-7-22)19(27)14-2-1-3-14/h4-5,10-11,13-14H,1-3,6-9,12H2,(H,20,25). The molecule has 2 heterocycles. The van der Waals surface area contributed by atoms with Crippen molar-refractivity contribution in [3.05, 3.63) is 24.4 Å². The number of carbonyl (C=O) groups is 3. The summed E-state index contributed by atoms with van der Waals surface area (Å²) in [7, 11) is 0. The van der Waals surface area contributed by atoms with E-state index in [9.17, 15) is 14.4 Å². The van der Waals surface area contributed by atoms with Gasteiger partial charge in [-0.25, -0.2) is 0 Å². The molecule has 0 bridgehead atoms. The van der Waals surface area contributed by atoms with Crippen LogP contribution in [0.5, 0.6) is 0 Å². The lowest BCUT2D eigenvalue weighted by molar-refractivity contribution is -0.144. The molecule has 0 atom stereocenters. The lowest BCUT2D eigenvalue weighted by Gasteiger charge is -2.38. The van der Waals surface area contributed by atoms with Crippen LogP contribution in [0.4, 0.5) is 5.69 Å². The summed E-state index contributed by atoms with van der Waals surface area (Å²) in [5, 5.41) is 7.89.